The third kappa shape index (κ3) is 2.23. The molecule has 1 fully saturated rings. The molecule has 1 saturated heterocycles. The van der Waals surface area contributed by atoms with Crippen molar-refractivity contribution in [2.75, 3.05) is 19.8 Å². The van der Waals surface area contributed by atoms with Crippen LogP contribution >= 0.6 is 0 Å². The van der Waals surface area contributed by atoms with Gasteiger partial charge in [0.05, 0.1) is 12.7 Å². The lowest BCUT2D eigenvalue weighted by Gasteiger charge is -2.07. The molecule has 0 aliphatic carbocycles. The predicted octanol–water partition coefficient (Wildman–Crippen LogP) is 0.723. The van der Waals surface area contributed by atoms with Crippen molar-refractivity contribution in [1.29, 1.82) is 0 Å². The van der Waals surface area contributed by atoms with E-state index in [1.165, 1.54) is 0 Å². The Morgan fingerprint density at radius 3 is 3.00 bits per heavy atom. The number of rotatable bonds is 3. The Bertz CT molecular complexity index is 99.6. The van der Waals surface area contributed by atoms with Crippen molar-refractivity contribution < 1.29 is 9.13 Å². The van der Waals surface area contributed by atoms with Gasteiger partial charge < -0.3 is 10.1 Å². The van der Waals surface area contributed by atoms with E-state index in [4.69, 9.17) is 4.74 Å². The van der Waals surface area contributed by atoms with Gasteiger partial charge in [0.15, 0.2) is 0 Å². The van der Waals surface area contributed by atoms with Gasteiger partial charge in [-0.15, -0.1) is 0 Å². The van der Waals surface area contributed by atoms with Gasteiger partial charge in [0, 0.05) is 12.6 Å². The molecule has 0 saturated carbocycles. The molecule has 0 radical (unpaired) electrons. The van der Waals surface area contributed by atoms with Crippen molar-refractivity contribution in [3.8, 4) is 0 Å². The molecule has 0 amide bonds. The zero-order chi connectivity index (χ0) is 7.40. The van der Waals surface area contributed by atoms with Crippen LogP contribution < -0.4 is 5.32 Å². The van der Waals surface area contributed by atoms with Crippen molar-refractivity contribution in [2.45, 2.75) is 25.5 Å². The molecule has 0 spiro atoms. The SMILES string of the molecule is CC1CC(OCCF)CN1. The zero-order valence-corrected chi connectivity index (χ0v) is 6.27. The molecule has 3 heteroatoms. The first-order valence-electron chi connectivity index (χ1n) is 3.74. The molecule has 1 heterocycles. The number of nitrogens with one attached hydrogen (secondary N) is 1. The van der Waals surface area contributed by atoms with E-state index in [1.54, 1.807) is 0 Å². The van der Waals surface area contributed by atoms with Crippen LogP contribution in [0.1, 0.15) is 13.3 Å². The maximum atomic E-state index is 11.6. The fourth-order valence-electron chi connectivity index (χ4n) is 1.23. The summed E-state index contributed by atoms with van der Waals surface area (Å²) in [7, 11) is 0. The van der Waals surface area contributed by atoms with Gasteiger partial charge >= 0.3 is 0 Å². The number of hydrogen-bond acceptors (Lipinski definition) is 2. The lowest BCUT2D eigenvalue weighted by Crippen LogP contribution is -2.19. The third-order valence-corrected chi connectivity index (χ3v) is 1.74. The lowest BCUT2D eigenvalue weighted by molar-refractivity contribution is 0.0560. The van der Waals surface area contributed by atoms with E-state index in [-0.39, 0.29) is 19.4 Å². The minimum atomic E-state index is -0.370. The van der Waals surface area contributed by atoms with Gasteiger partial charge in [-0.25, -0.2) is 4.39 Å². The minimum Gasteiger partial charge on any atom is -0.374 e. The normalized spacial score (nSPS) is 33.0. The van der Waals surface area contributed by atoms with E-state index in [9.17, 15) is 4.39 Å². The van der Waals surface area contributed by atoms with E-state index < -0.39 is 0 Å². The van der Waals surface area contributed by atoms with Crippen molar-refractivity contribution in [1.82, 2.24) is 5.32 Å². The van der Waals surface area contributed by atoms with Crippen LogP contribution in [0.4, 0.5) is 4.39 Å². The van der Waals surface area contributed by atoms with E-state index in [1.807, 2.05) is 0 Å². The van der Waals surface area contributed by atoms with Crippen LogP contribution in [-0.2, 0) is 4.74 Å². The molecule has 1 N–H and O–H groups in total. The molecule has 0 bridgehead atoms. The number of halogens is 1. The second kappa shape index (κ2) is 3.88. The minimum absolute atomic E-state index is 0.241. The molecular formula is C7H14FNO. The first-order chi connectivity index (χ1) is 4.83. The number of alkyl halides is 1. The monoisotopic (exact) mass is 147 g/mol. The van der Waals surface area contributed by atoms with Crippen LogP contribution in [0.25, 0.3) is 0 Å². The summed E-state index contributed by atoms with van der Waals surface area (Å²) in [6.07, 6.45) is 1.26. The summed E-state index contributed by atoms with van der Waals surface area (Å²) in [4.78, 5) is 0. The Morgan fingerprint density at radius 1 is 1.70 bits per heavy atom. The fraction of sp³-hybridized carbons (Fsp3) is 1.00. The summed E-state index contributed by atoms with van der Waals surface area (Å²) in [5.41, 5.74) is 0. The largest absolute Gasteiger partial charge is 0.374 e. The molecule has 0 aromatic rings. The van der Waals surface area contributed by atoms with Crippen LogP contribution in [0.3, 0.4) is 0 Å². The van der Waals surface area contributed by atoms with E-state index in [0.717, 1.165) is 13.0 Å². The van der Waals surface area contributed by atoms with Crippen molar-refractivity contribution >= 4 is 0 Å². The van der Waals surface area contributed by atoms with Crippen molar-refractivity contribution in [3.63, 3.8) is 0 Å². The van der Waals surface area contributed by atoms with Gasteiger partial charge in [-0.05, 0) is 13.3 Å². The highest BCUT2D eigenvalue weighted by Gasteiger charge is 2.20. The molecule has 10 heavy (non-hydrogen) atoms. The Morgan fingerprint density at radius 2 is 2.50 bits per heavy atom. The molecule has 0 aromatic carbocycles. The average Bonchev–Trinajstić information content (AvgIpc) is 2.31. The highest BCUT2D eigenvalue weighted by Crippen LogP contribution is 2.08. The lowest BCUT2D eigenvalue weighted by atomic mass is 10.2. The first-order valence-corrected chi connectivity index (χ1v) is 3.74. The topological polar surface area (TPSA) is 21.3 Å². The summed E-state index contributed by atoms with van der Waals surface area (Å²) < 4.78 is 16.8. The van der Waals surface area contributed by atoms with Crippen LogP contribution in [-0.4, -0.2) is 32.0 Å². The van der Waals surface area contributed by atoms with Crippen LogP contribution in [0.2, 0.25) is 0 Å². The van der Waals surface area contributed by atoms with Gasteiger partial charge in [0.25, 0.3) is 0 Å². The summed E-state index contributed by atoms with van der Waals surface area (Å²) in [6.45, 7) is 2.86. The molecule has 2 atom stereocenters. The van der Waals surface area contributed by atoms with Gasteiger partial charge in [-0.3, -0.25) is 0 Å². The Balaban J connectivity index is 2.06. The quantitative estimate of drug-likeness (QED) is 0.635. The summed E-state index contributed by atoms with van der Waals surface area (Å²) >= 11 is 0. The zero-order valence-electron chi connectivity index (χ0n) is 6.27. The Labute approximate surface area is 60.8 Å². The Kier molecular flexibility index (Phi) is 3.09. The molecule has 2 unspecified atom stereocenters. The average molecular weight is 147 g/mol. The van der Waals surface area contributed by atoms with E-state index in [2.05, 4.69) is 12.2 Å². The van der Waals surface area contributed by atoms with Gasteiger partial charge in [0.1, 0.15) is 6.67 Å². The molecule has 1 aliphatic rings. The van der Waals surface area contributed by atoms with Crippen LogP contribution in [0.15, 0.2) is 0 Å². The van der Waals surface area contributed by atoms with E-state index in [0.29, 0.717) is 6.04 Å². The third-order valence-electron chi connectivity index (χ3n) is 1.74. The maximum Gasteiger partial charge on any atom is 0.113 e. The molecule has 60 valence electrons. The summed E-state index contributed by atoms with van der Waals surface area (Å²) in [6, 6.07) is 0.532. The predicted molar refractivity (Wildman–Crippen MR) is 37.8 cm³/mol. The highest BCUT2D eigenvalue weighted by molar-refractivity contribution is 4.78. The van der Waals surface area contributed by atoms with Gasteiger partial charge in [0.2, 0.25) is 0 Å². The first kappa shape index (κ1) is 7.95. The van der Waals surface area contributed by atoms with Gasteiger partial charge in [-0.1, -0.05) is 0 Å². The molecule has 1 aliphatic heterocycles. The fourth-order valence-corrected chi connectivity index (χ4v) is 1.23. The molecule has 2 nitrogen and oxygen atoms in total. The maximum absolute atomic E-state index is 11.6. The second-order valence-corrected chi connectivity index (χ2v) is 2.73. The van der Waals surface area contributed by atoms with E-state index >= 15 is 0 Å². The van der Waals surface area contributed by atoms with Crippen LogP contribution in [0, 0.1) is 0 Å². The molecule has 0 aromatic heterocycles. The smallest absolute Gasteiger partial charge is 0.113 e. The number of ether oxygens (including phenoxy) is 1. The van der Waals surface area contributed by atoms with Crippen LogP contribution in [0.5, 0.6) is 0 Å². The van der Waals surface area contributed by atoms with Gasteiger partial charge in [-0.2, -0.15) is 0 Å². The summed E-state index contributed by atoms with van der Waals surface area (Å²) in [5, 5.41) is 3.23. The number of hydrogen-bond donors (Lipinski definition) is 1. The van der Waals surface area contributed by atoms with Crippen molar-refractivity contribution in [2.24, 2.45) is 0 Å². The standard InChI is InChI=1S/C7H14FNO/c1-6-4-7(5-9-6)10-3-2-8/h6-7,9H,2-5H2,1H3. The highest BCUT2D eigenvalue weighted by atomic mass is 19.1. The Hall–Kier alpha value is -0.150. The summed E-state index contributed by atoms with van der Waals surface area (Å²) in [5.74, 6) is 0. The molecular weight excluding hydrogens is 133 g/mol. The molecule has 1 rings (SSSR count). The second-order valence-electron chi connectivity index (χ2n) is 2.73. The van der Waals surface area contributed by atoms with Crippen molar-refractivity contribution in [3.05, 3.63) is 0 Å².